The third-order valence-electron chi connectivity index (χ3n) is 1.98. The number of nitrogens with two attached hydrogens (primary N) is 1. The second-order valence-corrected chi connectivity index (χ2v) is 4.91. The zero-order valence-corrected chi connectivity index (χ0v) is 9.22. The van der Waals surface area contributed by atoms with E-state index in [0.717, 1.165) is 0 Å². The van der Waals surface area contributed by atoms with Gasteiger partial charge in [-0.05, 0) is 13.8 Å². The molecule has 3 heteroatoms. The van der Waals surface area contributed by atoms with Gasteiger partial charge in [0.25, 0.3) is 0 Å². The third kappa shape index (κ3) is 5.52. The number of rotatable bonds is 4. The molecule has 0 aliphatic rings. The van der Waals surface area contributed by atoms with Crippen LogP contribution in [0.5, 0.6) is 0 Å². The number of hydrogen-bond acceptors (Lipinski definition) is 2. The van der Waals surface area contributed by atoms with Crippen LogP contribution < -0.4 is 5.73 Å². The van der Waals surface area contributed by atoms with Gasteiger partial charge in [0.15, 0.2) is 0 Å². The lowest BCUT2D eigenvalue weighted by molar-refractivity contribution is -1.06. The van der Waals surface area contributed by atoms with Crippen molar-refractivity contribution in [2.75, 3.05) is 27.7 Å². The van der Waals surface area contributed by atoms with Gasteiger partial charge in [0.1, 0.15) is 6.61 Å². The summed E-state index contributed by atoms with van der Waals surface area (Å²) < 4.78 is 0.528. The van der Waals surface area contributed by atoms with Gasteiger partial charge in [0.2, 0.25) is 0 Å². The summed E-state index contributed by atoms with van der Waals surface area (Å²) in [5.41, 5.74) is 5.76. The van der Waals surface area contributed by atoms with Crippen molar-refractivity contribution in [3.8, 4) is 0 Å². The van der Waals surface area contributed by atoms with Gasteiger partial charge < -0.3 is 5.73 Å². The van der Waals surface area contributed by atoms with Crippen LogP contribution in [0, 0.1) is 5.92 Å². The van der Waals surface area contributed by atoms with Crippen LogP contribution in [-0.4, -0.2) is 37.9 Å². The van der Waals surface area contributed by atoms with Crippen molar-refractivity contribution < 1.29 is 9.48 Å². The maximum absolute atomic E-state index is 5.92. The van der Waals surface area contributed by atoms with E-state index >= 15 is 0 Å². The second kappa shape index (κ2) is 3.73. The van der Waals surface area contributed by atoms with E-state index in [1.54, 1.807) is 0 Å². The van der Waals surface area contributed by atoms with Crippen LogP contribution in [0.15, 0.2) is 0 Å². The number of hydroxylamine groups is 3. The van der Waals surface area contributed by atoms with Gasteiger partial charge in [0.05, 0.1) is 21.1 Å². The lowest BCUT2D eigenvalue weighted by Crippen LogP contribution is -2.45. The molecule has 0 aromatic carbocycles. The maximum atomic E-state index is 5.92. The first-order valence-electron chi connectivity index (χ1n) is 4.38. The van der Waals surface area contributed by atoms with Gasteiger partial charge in [-0.3, -0.25) is 0 Å². The SMILES string of the molecule is CC(CO[N+](C)(C)C)C(C)(C)N. The Morgan fingerprint density at radius 2 is 1.75 bits per heavy atom. The van der Waals surface area contributed by atoms with E-state index < -0.39 is 0 Å². The predicted octanol–water partition coefficient (Wildman–Crippen LogP) is 0.998. The molecule has 0 radical (unpaired) electrons. The molecule has 12 heavy (non-hydrogen) atoms. The zero-order valence-electron chi connectivity index (χ0n) is 9.22. The van der Waals surface area contributed by atoms with Crippen LogP contribution in [0.4, 0.5) is 0 Å². The number of nitrogens with zero attached hydrogens (tertiary/aromatic N) is 1. The highest BCUT2D eigenvalue weighted by Crippen LogP contribution is 2.13. The Morgan fingerprint density at radius 3 is 2.00 bits per heavy atom. The molecule has 0 rings (SSSR count). The fraction of sp³-hybridized carbons (Fsp3) is 1.00. The predicted molar refractivity (Wildman–Crippen MR) is 51.4 cm³/mol. The highest BCUT2D eigenvalue weighted by Gasteiger charge is 2.23. The zero-order chi connectivity index (χ0) is 9.99. The molecule has 0 bridgehead atoms. The topological polar surface area (TPSA) is 35.2 Å². The molecule has 0 spiro atoms. The summed E-state index contributed by atoms with van der Waals surface area (Å²) in [7, 11) is 5.99. The molecular formula is C9H23N2O+. The minimum absolute atomic E-state index is 0.158. The fourth-order valence-corrected chi connectivity index (χ4v) is 0.550. The van der Waals surface area contributed by atoms with Gasteiger partial charge in [-0.25, -0.2) is 4.84 Å². The summed E-state index contributed by atoms with van der Waals surface area (Å²) in [5.74, 6) is 0.370. The van der Waals surface area contributed by atoms with Gasteiger partial charge in [-0.2, -0.15) is 4.65 Å². The molecule has 0 aromatic rings. The maximum Gasteiger partial charge on any atom is 0.110 e. The van der Waals surface area contributed by atoms with Crippen molar-refractivity contribution in [1.82, 2.24) is 0 Å². The molecular weight excluding hydrogens is 152 g/mol. The van der Waals surface area contributed by atoms with Crippen LogP contribution in [-0.2, 0) is 4.84 Å². The average Bonchev–Trinajstić information content (AvgIpc) is 1.78. The lowest BCUT2D eigenvalue weighted by Gasteiger charge is -2.29. The minimum atomic E-state index is -0.158. The van der Waals surface area contributed by atoms with Gasteiger partial charge in [-0.1, -0.05) is 6.92 Å². The van der Waals surface area contributed by atoms with Crippen LogP contribution in [0.2, 0.25) is 0 Å². The highest BCUT2D eigenvalue weighted by molar-refractivity contribution is 4.77. The fourth-order valence-electron chi connectivity index (χ4n) is 0.550. The summed E-state index contributed by atoms with van der Waals surface area (Å²) >= 11 is 0. The van der Waals surface area contributed by atoms with E-state index in [4.69, 9.17) is 10.6 Å². The lowest BCUT2D eigenvalue weighted by atomic mass is 9.91. The van der Waals surface area contributed by atoms with Crippen LogP contribution in [0.3, 0.4) is 0 Å². The third-order valence-corrected chi connectivity index (χ3v) is 1.98. The van der Waals surface area contributed by atoms with E-state index in [9.17, 15) is 0 Å². The summed E-state index contributed by atoms with van der Waals surface area (Å²) in [6.07, 6.45) is 0. The van der Waals surface area contributed by atoms with Gasteiger partial charge in [-0.15, -0.1) is 0 Å². The van der Waals surface area contributed by atoms with Crippen LogP contribution >= 0.6 is 0 Å². The van der Waals surface area contributed by atoms with Crippen molar-refractivity contribution in [3.05, 3.63) is 0 Å². The monoisotopic (exact) mass is 175 g/mol. The number of hydrogen-bond donors (Lipinski definition) is 1. The first-order valence-corrected chi connectivity index (χ1v) is 4.38. The van der Waals surface area contributed by atoms with E-state index in [2.05, 4.69) is 6.92 Å². The standard InChI is InChI=1S/C9H23N2O/c1-8(9(2,3)10)7-12-11(4,5)6/h8H,7,10H2,1-6H3/q+1. The molecule has 0 aromatic heterocycles. The molecule has 0 saturated heterocycles. The average molecular weight is 175 g/mol. The Balaban J connectivity index is 3.80. The van der Waals surface area contributed by atoms with Gasteiger partial charge in [0, 0.05) is 11.5 Å². The molecule has 2 N–H and O–H groups in total. The van der Waals surface area contributed by atoms with Crippen molar-refractivity contribution >= 4 is 0 Å². The highest BCUT2D eigenvalue weighted by atomic mass is 16.7. The molecule has 0 saturated carbocycles. The number of quaternary nitrogens is 1. The van der Waals surface area contributed by atoms with Gasteiger partial charge >= 0.3 is 0 Å². The molecule has 74 valence electrons. The summed E-state index contributed by atoms with van der Waals surface area (Å²) in [6, 6.07) is 0. The molecule has 0 aliphatic carbocycles. The van der Waals surface area contributed by atoms with Crippen molar-refractivity contribution in [3.63, 3.8) is 0 Å². The Bertz CT molecular complexity index is 132. The van der Waals surface area contributed by atoms with Crippen molar-refractivity contribution in [2.45, 2.75) is 26.3 Å². The smallest absolute Gasteiger partial charge is 0.110 e. The van der Waals surface area contributed by atoms with E-state index in [1.807, 2.05) is 35.0 Å². The minimum Gasteiger partial charge on any atom is -0.325 e. The van der Waals surface area contributed by atoms with Crippen molar-refractivity contribution in [1.29, 1.82) is 0 Å². The van der Waals surface area contributed by atoms with Crippen LogP contribution in [0.25, 0.3) is 0 Å². The van der Waals surface area contributed by atoms with Crippen molar-refractivity contribution in [2.24, 2.45) is 11.7 Å². The quantitative estimate of drug-likeness (QED) is 0.511. The Hall–Kier alpha value is -0.120. The Kier molecular flexibility index (Phi) is 3.69. The molecule has 0 fully saturated rings. The molecule has 1 unspecified atom stereocenters. The molecule has 1 atom stereocenters. The van der Waals surface area contributed by atoms with E-state index in [-0.39, 0.29) is 5.54 Å². The Labute approximate surface area is 76.0 Å². The molecule has 0 heterocycles. The summed E-state index contributed by atoms with van der Waals surface area (Å²) in [5, 5.41) is 0. The van der Waals surface area contributed by atoms with Crippen LogP contribution in [0.1, 0.15) is 20.8 Å². The first kappa shape index (κ1) is 11.9. The normalized spacial score (nSPS) is 16.2. The largest absolute Gasteiger partial charge is 0.325 e. The molecule has 0 aliphatic heterocycles. The molecule has 3 nitrogen and oxygen atoms in total. The van der Waals surface area contributed by atoms with E-state index in [0.29, 0.717) is 17.2 Å². The Morgan fingerprint density at radius 1 is 1.33 bits per heavy atom. The van der Waals surface area contributed by atoms with E-state index in [1.165, 1.54) is 0 Å². The molecule has 0 amide bonds. The summed E-state index contributed by atoms with van der Waals surface area (Å²) in [6.45, 7) is 6.86. The second-order valence-electron chi connectivity index (χ2n) is 4.91. The summed E-state index contributed by atoms with van der Waals surface area (Å²) in [4.78, 5) is 5.58. The first-order chi connectivity index (χ1) is 5.13.